The Balaban J connectivity index is 2.70. The van der Waals surface area contributed by atoms with Crippen molar-refractivity contribution < 1.29 is 9.50 Å². The van der Waals surface area contributed by atoms with Gasteiger partial charge < -0.3 is 5.11 Å². The van der Waals surface area contributed by atoms with Crippen molar-refractivity contribution in [2.75, 3.05) is 6.61 Å². The number of aliphatic hydroxyl groups excluding tert-OH is 1. The van der Waals surface area contributed by atoms with Crippen LogP contribution in [0.5, 0.6) is 0 Å². The lowest BCUT2D eigenvalue weighted by Gasteiger charge is -1.95. The summed E-state index contributed by atoms with van der Waals surface area (Å²) in [6, 6.07) is 1.41. The van der Waals surface area contributed by atoms with Crippen LogP contribution >= 0.6 is 0 Å². The first-order chi connectivity index (χ1) is 6.74. The molecule has 0 aliphatic heterocycles. The topological polar surface area (TPSA) is 33.1 Å². The van der Waals surface area contributed by atoms with Crippen LogP contribution in [-0.4, -0.2) is 16.7 Å². The Morgan fingerprint density at radius 1 is 1.57 bits per heavy atom. The summed E-state index contributed by atoms with van der Waals surface area (Å²) in [6.07, 6.45) is 2.45. The molecule has 0 radical (unpaired) electrons. The van der Waals surface area contributed by atoms with E-state index in [-0.39, 0.29) is 12.4 Å². The van der Waals surface area contributed by atoms with E-state index in [0.29, 0.717) is 18.5 Å². The number of aryl methyl sites for hydroxylation is 1. The molecule has 1 aromatic heterocycles. The minimum atomic E-state index is -0.344. The molecule has 0 aliphatic carbocycles. The second-order valence-electron chi connectivity index (χ2n) is 2.95. The van der Waals surface area contributed by atoms with Gasteiger partial charge in [-0.3, -0.25) is 0 Å². The molecule has 0 fully saturated rings. The largest absolute Gasteiger partial charge is 0.396 e. The third kappa shape index (κ3) is 3.15. The maximum atomic E-state index is 12.6. The molecule has 0 saturated carbocycles. The minimum absolute atomic E-state index is 0.143. The fraction of sp³-hybridized carbons (Fsp3) is 0.364. The molecular formula is C11H12FNO. The number of rotatable bonds is 2. The number of aliphatic hydroxyl groups is 1. The van der Waals surface area contributed by atoms with Gasteiger partial charge in [0.25, 0.3) is 0 Å². The molecule has 1 aromatic rings. The van der Waals surface area contributed by atoms with Crippen LogP contribution in [0, 0.1) is 24.6 Å². The summed E-state index contributed by atoms with van der Waals surface area (Å²) in [5.41, 5.74) is 1.34. The maximum absolute atomic E-state index is 12.6. The molecule has 0 bridgehead atoms. The quantitative estimate of drug-likeness (QED) is 0.572. The van der Waals surface area contributed by atoms with Crippen LogP contribution in [0.25, 0.3) is 0 Å². The molecule has 0 aliphatic rings. The summed E-state index contributed by atoms with van der Waals surface area (Å²) in [4.78, 5) is 3.86. The van der Waals surface area contributed by atoms with E-state index >= 15 is 0 Å². The third-order valence-electron chi connectivity index (χ3n) is 1.71. The first-order valence-corrected chi connectivity index (χ1v) is 4.46. The van der Waals surface area contributed by atoms with Gasteiger partial charge in [-0.2, -0.15) is 0 Å². The van der Waals surface area contributed by atoms with E-state index < -0.39 is 0 Å². The van der Waals surface area contributed by atoms with E-state index in [1.54, 1.807) is 6.92 Å². The Bertz CT molecular complexity index is 365. The molecule has 1 rings (SSSR count). The van der Waals surface area contributed by atoms with Gasteiger partial charge in [-0.15, -0.1) is 0 Å². The first-order valence-electron chi connectivity index (χ1n) is 4.46. The van der Waals surface area contributed by atoms with E-state index in [2.05, 4.69) is 16.8 Å². The molecule has 74 valence electrons. The van der Waals surface area contributed by atoms with Crippen molar-refractivity contribution in [2.45, 2.75) is 19.8 Å². The highest BCUT2D eigenvalue weighted by molar-refractivity contribution is 5.34. The zero-order valence-corrected chi connectivity index (χ0v) is 8.05. The van der Waals surface area contributed by atoms with Crippen molar-refractivity contribution in [3.8, 4) is 11.8 Å². The van der Waals surface area contributed by atoms with E-state index in [4.69, 9.17) is 5.11 Å². The highest BCUT2D eigenvalue weighted by Crippen LogP contribution is 2.04. The molecule has 0 aromatic carbocycles. The second-order valence-corrected chi connectivity index (χ2v) is 2.95. The van der Waals surface area contributed by atoms with Gasteiger partial charge in [0.05, 0.1) is 6.20 Å². The number of hydrogen-bond donors (Lipinski definition) is 1. The highest BCUT2D eigenvalue weighted by Gasteiger charge is 1.97. The lowest BCUT2D eigenvalue weighted by Crippen LogP contribution is -1.89. The summed E-state index contributed by atoms with van der Waals surface area (Å²) < 4.78 is 12.6. The average Bonchev–Trinajstić information content (AvgIpc) is 2.15. The van der Waals surface area contributed by atoms with Crippen LogP contribution in [0.1, 0.15) is 24.1 Å². The molecule has 0 amide bonds. The second kappa shape index (κ2) is 5.36. The number of hydrogen-bond acceptors (Lipinski definition) is 2. The van der Waals surface area contributed by atoms with Crippen LogP contribution < -0.4 is 0 Å². The Kier molecular flexibility index (Phi) is 4.09. The Labute approximate surface area is 82.8 Å². The number of pyridine rings is 1. The highest BCUT2D eigenvalue weighted by atomic mass is 19.1. The molecule has 0 unspecified atom stereocenters. The van der Waals surface area contributed by atoms with Crippen LogP contribution in [0.4, 0.5) is 4.39 Å². The fourth-order valence-electron chi connectivity index (χ4n) is 0.985. The van der Waals surface area contributed by atoms with Gasteiger partial charge >= 0.3 is 0 Å². The lowest BCUT2D eigenvalue weighted by atomic mass is 10.2. The molecule has 14 heavy (non-hydrogen) atoms. The Morgan fingerprint density at radius 2 is 2.36 bits per heavy atom. The molecule has 1 N–H and O–H groups in total. The van der Waals surface area contributed by atoms with Gasteiger partial charge in [-0.1, -0.05) is 5.92 Å². The molecule has 3 heteroatoms. The lowest BCUT2D eigenvalue weighted by molar-refractivity contribution is 0.290. The predicted octanol–water partition coefficient (Wildman–Crippen LogP) is 1.65. The summed E-state index contributed by atoms with van der Waals surface area (Å²) in [5.74, 6) is 5.36. The van der Waals surface area contributed by atoms with Gasteiger partial charge in [0.15, 0.2) is 0 Å². The normalized spacial score (nSPS) is 9.36. The van der Waals surface area contributed by atoms with Gasteiger partial charge in [0, 0.05) is 13.0 Å². The van der Waals surface area contributed by atoms with Crippen LogP contribution in [0.2, 0.25) is 0 Å². The van der Waals surface area contributed by atoms with Crippen LogP contribution in [0.15, 0.2) is 12.3 Å². The Morgan fingerprint density at radius 3 is 3.00 bits per heavy atom. The SMILES string of the molecule is Cc1cc(F)cnc1C#CCCCO. The number of halogens is 1. The minimum Gasteiger partial charge on any atom is -0.396 e. The number of aromatic nitrogens is 1. The average molecular weight is 193 g/mol. The van der Waals surface area contributed by atoms with Gasteiger partial charge in [0.2, 0.25) is 0 Å². The van der Waals surface area contributed by atoms with Crippen molar-refractivity contribution in [2.24, 2.45) is 0 Å². The summed E-state index contributed by atoms with van der Waals surface area (Å²) in [5, 5.41) is 8.52. The molecule has 0 saturated heterocycles. The van der Waals surface area contributed by atoms with E-state index in [1.165, 1.54) is 6.07 Å². The third-order valence-corrected chi connectivity index (χ3v) is 1.71. The molecule has 0 spiro atoms. The van der Waals surface area contributed by atoms with Crippen LogP contribution in [0.3, 0.4) is 0 Å². The summed E-state index contributed by atoms with van der Waals surface area (Å²) in [7, 11) is 0. The predicted molar refractivity (Wildman–Crippen MR) is 52.1 cm³/mol. The van der Waals surface area contributed by atoms with Crippen molar-refractivity contribution in [3.05, 3.63) is 29.3 Å². The number of nitrogens with zero attached hydrogens (tertiary/aromatic N) is 1. The number of unbranched alkanes of at least 4 members (excludes halogenated alkanes) is 1. The molecule has 0 atom stereocenters. The fourth-order valence-corrected chi connectivity index (χ4v) is 0.985. The monoisotopic (exact) mass is 193 g/mol. The van der Waals surface area contributed by atoms with Crippen molar-refractivity contribution >= 4 is 0 Å². The summed E-state index contributed by atoms with van der Waals surface area (Å²) >= 11 is 0. The summed E-state index contributed by atoms with van der Waals surface area (Å²) in [6.45, 7) is 1.91. The molecule has 1 heterocycles. The standard InChI is InChI=1S/C11H12FNO/c1-9-7-10(12)8-13-11(9)5-3-2-4-6-14/h7-8,14H,2,4,6H2,1H3. The van der Waals surface area contributed by atoms with E-state index in [1.807, 2.05) is 0 Å². The first kappa shape index (κ1) is 10.7. The van der Waals surface area contributed by atoms with Gasteiger partial charge in [0.1, 0.15) is 11.5 Å². The zero-order chi connectivity index (χ0) is 10.4. The van der Waals surface area contributed by atoms with Crippen molar-refractivity contribution in [3.63, 3.8) is 0 Å². The molecule has 2 nitrogen and oxygen atoms in total. The smallest absolute Gasteiger partial charge is 0.141 e. The van der Waals surface area contributed by atoms with Gasteiger partial charge in [-0.25, -0.2) is 9.37 Å². The van der Waals surface area contributed by atoms with E-state index in [9.17, 15) is 4.39 Å². The van der Waals surface area contributed by atoms with Crippen molar-refractivity contribution in [1.29, 1.82) is 0 Å². The van der Waals surface area contributed by atoms with E-state index in [0.717, 1.165) is 11.8 Å². The Hall–Kier alpha value is -1.40. The van der Waals surface area contributed by atoms with Crippen molar-refractivity contribution in [1.82, 2.24) is 4.98 Å². The molecular weight excluding hydrogens is 181 g/mol. The zero-order valence-electron chi connectivity index (χ0n) is 8.05. The van der Waals surface area contributed by atoms with Gasteiger partial charge in [-0.05, 0) is 30.9 Å². The van der Waals surface area contributed by atoms with Crippen LogP contribution in [-0.2, 0) is 0 Å². The maximum Gasteiger partial charge on any atom is 0.141 e.